The zero-order valence-corrected chi connectivity index (χ0v) is 10.2. The Morgan fingerprint density at radius 1 is 0.684 bits per heavy atom. The molecule has 0 aliphatic carbocycles. The molecule has 0 heterocycles. The van der Waals surface area contributed by atoms with Crippen molar-refractivity contribution in [2.45, 2.75) is 0 Å². The standard InChI is InChI=1S/C16H14O3/c17-11-15(13-7-3-1-4-8-13)19-16(12-18)14-9-5-2-6-10-14/h1-12,17-18H. The first-order chi connectivity index (χ1) is 9.35. The summed E-state index contributed by atoms with van der Waals surface area (Å²) >= 11 is 0. The Morgan fingerprint density at radius 2 is 1.05 bits per heavy atom. The van der Waals surface area contributed by atoms with Crippen molar-refractivity contribution in [3.63, 3.8) is 0 Å². The van der Waals surface area contributed by atoms with E-state index in [1.54, 1.807) is 0 Å². The lowest BCUT2D eigenvalue weighted by Crippen LogP contribution is -1.94. The van der Waals surface area contributed by atoms with Gasteiger partial charge in [-0.15, -0.1) is 0 Å². The van der Waals surface area contributed by atoms with Gasteiger partial charge in [0.05, 0.1) is 0 Å². The molecule has 0 unspecified atom stereocenters. The number of hydrogen-bond donors (Lipinski definition) is 2. The maximum Gasteiger partial charge on any atom is 0.168 e. The molecule has 0 aliphatic rings. The summed E-state index contributed by atoms with van der Waals surface area (Å²) in [5.74, 6) is 0.537. The summed E-state index contributed by atoms with van der Waals surface area (Å²) in [5.41, 5.74) is 1.44. The van der Waals surface area contributed by atoms with Gasteiger partial charge in [0.2, 0.25) is 0 Å². The van der Waals surface area contributed by atoms with Crippen LogP contribution < -0.4 is 0 Å². The van der Waals surface area contributed by atoms with Gasteiger partial charge in [-0.1, -0.05) is 60.7 Å². The van der Waals surface area contributed by atoms with Crippen molar-refractivity contribution in [1.29, 1.82) is 0 Å². The molecular weight excluding hydrogens is 240 g/mol. The topological polar surface area (TPSA) is 49.7 Å². The molecule has 2 aromatic carbocycles. The SMILES string of the molecule is OC=C(OC(=CO)c1ccccc1)c1ccccc1. The minimum Gasteiger partial charge on any atom is -0.512 e. The average molecular weight is 254 g/mol. The van der Waals surface area contributed by atoms with E-state index in [9.17, 15) is 10.2 Å². The second-order valence-corrected chi connectivity index (χ2v) is 3.82. The summed E-state index contributed by atoms with van der Waals surface area (Å²) in [6.45, 7) is 0. The van der Waals surface area contributed by atoms with Crippen LogP contribution in [0.3, 0.4) is 0 Å². The number of rotatable bonds is 4. The Labute approximate surface area is 111 Å². The van der Waals surface area contributed by atoms with Gasteiger partial charge < -0.3 is 14.9 Å². The highest BCUT2D eigenvalue weighted by Crippen LogP contribution is 2.24. The number of aliphatic hydroxyl groups is 2. The zero-order valence-electron chi connectivity index (χ0n) is 10.2. The summed E-state index contributed by atoms with van der Waals surface area (Å²) in [5, 5.41) is 18.5. The molecule has 0 aromatic heterocycles. The number of benzene rings is 2. The van der Waals surface area contributed by atoms with Crippen molar-refractivity contribution in [2.75, 3.05) is 0 Å². The van der Waals surface area contributed by atoms with Crippen LogP contribution in [-0.4, -0.2) is 10.2 Å². The van der Waals surface area contributed by atoms with E-state index >= 15 is 0 Å². The van der Waals surface area contributed by atoms with Crippen molar-refractivity contribution in [2.24, 2.45) is 0 Å². The maximum absolute atomic E-state index is 9.27. The third-order valence-corrected chi connectivity index (χ3v) is 2.57. The van der Waals surface area contributed by atoms with Gasteiger partial charge in [0.15, 0.2) is 11.5 Å². The van der Waals surface area contributed by atoms with Crippen LogP contribution in [-0.2, 0) is 4.74 Å². The Hall–Kier alpha value is -2.68. The lowest BCUT2D eigenvalue weighted by Gasteiger charge is -2.11. The summed E-state index contributed by atoms with van der Waals surface area (Å²) in [6, 6.07) is 18.3. The highest BCUT2D eigenvalue weighted by Gasteiger charge is 2.08. The Kier molecular flexibility index (Phi) is 4.24. The van der Waals surface area contributed by atoms with E-state index in [-0.39, 0.29) is 11.5 Å². The van der Waals surface area contributed by atoms with Gasteiger partial charge in [-0.05, 0) is 0 Å². The minimum atomic E-state index is 0.268. The molecule has 0 radical (unpaired) electrons. The van der Waals surface area contributed by atoms with E-state index in [1.807, 2.05) is 60.7 Å². The maximum atomic E-state index is 9.27. The van der Waals surface area contributed by atoms with Gasteiger partial charge in [-0.25, -0.2) is 0 Å². The molecular formula is C16H14O3. The largest absolute Gasteiger partial charge is 0.512 e. The lowest BCUT2D eigenvalue weighted by molar-refractivity contribution is 0.395. The number of ether oxygens (including phenoxy) is 1. The molecule has 2 N–H and O–H groups in total. The predicted molar refractivity (Wildman–Crippen MR) is 75.2 cm³/mol. The fraction of sp³-hybridized carbons (Fsp3) is 0. The molecule has 19 heavy (non-hydrogen) atoms. The van der Waals surface area contributed by atoms with E-state index in [2.05, 4.69) is 0 Å². The Bertz CT molecular complexity index is 518. The van der Waals surface area contributed by atoms with Crippen LogP contribution in [0.2, 0.25) is 0 Å². The smallest absolute Gasteiger partial charge is 0.168 e. The minimum absolute atomic E-state index is 0.268. The summed E-state index contributed by atoms with van der Waals surface area (Å²) < 4.78 is 5.54. The van der Waals surface area contributed by atoms with Crippen LogP contribution >= 0.6 is 0 Å². The van der Waals surface area contributed by atoms with Gasteiger partial charge in [-0.3, -0.25) is 0 Å². The third kappa shape index (κ3) is 3.16. The van der Waals surface area contributed by atoms with Crippen LogP contribution in [0.15, 0.2) is 73.2 Å². The second kappa shape index (κ2) is 6.31. The van der Waals surface area contributed by atoms with Gasteiger partial charge >= 0.3 is 0 Å². The predicted octanol–water partition coefficient (Wildman–Crippen LogP) is 4.12. The average Bonchev–Trinajstić information content (AvgIpc) is 2.50. The third-order valence-electron chi connectivity index (χ3n) is 2.57. The lowest BCUT2D eigenvalue weighted by atomic mass is 10.2. The highest BCUT2D eigenvalue weighted by molar-refractivity contribution is 5.68. The normalized spacial score (nSPS) is 12.2. The molecule has 2 rings (SSSR count). The molecule has 0 amide bonds. The van der Waals surface area contributed by atoms with Crippen LogP contribution in [0.5, 0.6) is 0 Å². The molecule has 0 atom stereocenters. The van der Waals surface area contributed by atoms with Crippen LogP contribution in [0.4, 0.5) is 0 Å². The molecule has 0 fully saturated rings. The van der Waals surface area contributed by atoms with Crippen molar-refractivity contribution >= 4 is 11.5 Å². The highest BCUT2D eigenvalue weighted by atomic mass is 16.5. The van der Waals surface area contributed by atoms with Crippen LogP contribution in [0, 0.1) is 0 Å². The first-order valence-corrected chi connectivity index (χ1v) is 5.82. The van der Waals surface area contributed by atoms with Gasteiger partial charge in [0.25, 0.3) is 0 Å². The van der Waals surface area contributed by atoms with E-state index in [1.165, 1.54) is 0 Å². The molecule has 0 spiro atoms. The van der Waals surface area contributed by atoms with Crippen LogP contribution in [0.25, 0.3) is 11.5 Å². The van der Waals surface area contributed by atoms with Gasteiger partial charge in [0.1, 0.15) is 12.5 Å². The fourth-order valence-corrected chi connectivity index (χ4v) is 1.64. The number of aliphatic hydroxyl groups excluding tert-OH is 2. The molecule has 96 valence electrons. The van der Waals surface area contributed by atoms with Crippen molar-refractivity contribution < 1.29 is 14.9 Å². The fourth-order valence-electron chi connectivity index (χ4n) is 1.64. The zero-order chi connectivity index (χ0) is 13.5. The van der Waals surface area contributed by atoms with E-state index < -0.39 is 0 Å². The quantitative estimate of drug-likeness (QED) is 0.807. The van der Waals surface area contributed by atoms with E-state index in [0.717, 1.165) is 23.7 Å². The molecule has 2 aromatic rings. The molecule has 0 saturated carbocycles. The molecule has 3 nitrogen and oxygen atoms in total. The Balaban J connectivity index is 2.24. The second-order valence-electron chi connectivity index (χ2n) is 3.82. The summed E-state index contributed by atoms with van der Waals surface area (Å²) in [7, 11) is 0. The summed E-state index contributed by atoms with van der Waals surface area (Å²) in [6.07, 6.45) is 1.75. The van der Waals surface area contributed by atoms with E-state index in [0.29, 0.717) is 0 Å². The Morgan fingerprint density at radius 3 is 1.37 bits per heavy atom. The monoisotopic (exact) mass is 254 g/mol. The molecule has 3 heteroatoms. The van der Waals surface area contributed by atoms with Crippen molar-refractivity contribution in [1.82, 2.24) is 0 Å². The van der Waals surface area contributed by atoms with E-state index in [4.69, 9.17) is 4.74 Å². The molecule has 0 saturated heterocycles. The molecule has 0 aliphatic heterocycles. The van der Waals surface area contributed by atoms with Crippen molar-refractivity contribution in [3.8, 4) is 0 Å². The van der Waals surface area contributed by atoms with Gasteiger partial charge in [0, 0.05) is 11.1 Å². The number of hydrogen-bond acceptors (Lipinski definition) is 3. The summed E-state index contributed by atoms with van der Waals surface area (Å²) in [4.78, 5) is 0. The first-order valence-electron chi connectivity index (χ1n) is 5.82. The van der Waals surface area contributed by atoms with Crippen molar-refractivity contribution in [3.05, 3.63) is 84.3 Å². The molecule has 0 bridgehead atoms. The van der Waals surface area contributed by atoms with Gasteiger partial charge in [-0.2, -0.15) is 0 Å². The van der Waals surface area contributed by atoms with Crippen LogP contribution in [0.1, 0.15) is 11.1 Å². The first kappa shape index (κ1) is 12.8.